The number of amides is 1. The van der Waals surface area contributed by atoms with Crippen LogP contribution in [0, 0.1) is 0 Å². The summed E-state index contributed by atoms with van der Waals surface area (Å²) in [7, 11) is 1.48. The number of nitrogens with zero attached hydrogens (tertiary/aromatic N) is 1. The van der Waals surface area contributed by atoms with Crippen molar-refractivity contribution in [2.45, 2.75) is 10.8 Å². The number of carbonyl (C=O) groups excluding carboxylic acids is 1. The van der Waals surface area contributed by atoms with Gasteiger partial charge in [0.1, 0.15) is 10.5 Å². The van der Waals surface area contributed by atoms with Crippen molar-refractivity contribution < 1.29 is 17.7 Å². The summed E-state index contributed by atoms with van der Waals surface area (Å²) in [5.41, 5.74) is 0.164. The first-order chi connectivity index (χ1) is 8.47. The first-order valence-electron chi connectivity index (χ1n) is 4.69. The fourth-order valence-electron chi connectivity index (χ4n) is 1.17. The first-order valence-corrected chi connectivity index (χ1v) is 7.81. The largest absolute Gasteiger partial charge is 0.364 e. The number of carbonyl (C=O) groups is 1. The average molecular weight is 307 g/mol. The molecule has 2 heterocycles. The lowest BCUT2D eigenvalue weighted by Crippen LogP contribution is -2.22. The van der Waals surface area contributed by atoms with Gasteiger partial charge >= 0.3 is 0 Å². The molecule has 0 saturated heterocycles. The van der Waals surface area contributed by atoms with Crippen molar-refractivity contribution in [3.05, 3.63) is 35.0 Å². The molecule has 18 heavy (non-hydrogen) atoms. The molecule has 0 spiro atoms. The molecule has 0 saturated carbocycles. The molecule has 2 aromatic heterocycles. The number of nitrogens with one attached hydrogen (secondary N) is 1. The molecule has 0 fully saturated rings. The highest BCUT2D eigenvalue weighted by Crippen LogP contribution is 2.24. The molecule has 0 atom stereocenters. The van der Waals surface area contributed by atoms with Gasteiger partial charge in [0, 0.05) is 21.6 Å². The number of hydrogen-bond acceptors (Lipinski definition) is 6. The number of rotatable bonds is 4. The van der Waals surface area contributed by atoms with Crippen LogP contribution in [-0.4, -0.2) is 19.5 Å². The summed E-state index contributed by atoms with van der Waals surface area (Å²) >= 11 is 1.00. The van der Waals surface area contributed by atoms with E-state index in [2.05, 4.69) is 15.0 Å². The van der Waals surface area contributed by atoms with E-state index in [1.807, 2.05) is 0 Å². The van der Waals surface area contributed by atoms with Gasteiger partial charge in [-0.15, -0.1) is 11.3 Å². The second-order valence-corrected chi connectivity index (χ2v) is 7.19. The van der Waals surface area contributed by atoms with E-state index in [1.54, 1.807) is 6.07 Å². The van der Waals surface area contributed by atoms with Crippen LogP contribution in [0.2, 0.25) is 0 Å². The minimum absolute atomic E-state index is 0.0508. The van der Waals surface area contributed by atoms with Gasteiger partial charge in [0.25, 0.3) is 15.0 Å². The van der Waals surface area contributed by atoms with Gasteiger partial charge in [-0.25, -0.2) is 8.42 Å². The Morgan fingerprint density at radius 2 is 2.22 bits per heavy atom. The summed E-state index contributed by atoms with van der Waals surface area (Å²) in [5.74, 6) is -0.396. The van der Waals surface area contributed by atoms with E-state index in [0.717, 1.165) is 11.3 Å². The molecule has 0 aromatic carbocycles. The molecule has 9 heteroatoms. The van der Waals surface area contributed by atoms with Crippen LogP contribution in [0.25, 0.3) is 0 Å². The maximum Gasteiger partial charge on any atom is 0.273 e. The standard InChI is InChI=1S/C9H7ClN2O4S2/c10-18(14,15)8-2-1-6(17-8)5-11-9(13)7-3-4-16-12-7/h1-4H,5H2,(H,11,13). The van der Waals surface area contributed by atoms with Crippen molar-refractivity contribution in [2.75, 3.05) is 0 Å². The third-order valence-corrected chi connectivity index (χ3v) is 5.15. The van der Waals surface area contributed by atoms with Crippen molar-refractivity contribution in [3.63, 3.8) is 0 Å². The quantitative estimate of drug-likeness (QED) is 0.866. The Balaban J connectivity index is 1.99. The van der Waals surface area contributed by atoms with Gasteiger partial charge in [0.2, 0.25) is 0 Å². The maximum atomic E-state index is 11.5. The molecular weight excluding hydrogens is 300 g/mol. The van der Waals surface area contributed by atoms with Gasteiger partial charge in [-0.05, 0) is 12.1 Å². The second kappa shape index (κ2) is 5.09. The van der Waals surface area contributed by atoms with E-state index in [-0.39, 0.29) is 16.4 Å². The Labute approximate surface area is 111 Å². The van der Waals surface area contributed by atoms with Gasteiger partial charge in [0.15, 0.2) is 5.69 Å². The van der Waals surface area contributed by atoms with Crippen molar-refractivity contribution in [1.29, 1.82) is 0 Å². The number of thiophene rings is 1. The smallest absolute Gasteiger partial charge is 0.273 e. The van der Waals surface area contributed by atoms with Crippen LogP contribution in [0.4, 0.5) is 0 Å². The minimum Gasteiger partial charge on any atom is -0.364 e. The van der Waals surface area contributed by atoms with Gasteiger partial charge < -0.3 is 9.84 Å². The van der Waals surface area contributed by atoms with E-state index in [4.69, 9.17) is 10.7 Å². The highest BCUT2D eigenvalue weighted by atomic mass is 35.7. The van der Waals surface area contributed by atoms with E-state index in [1.165, 1.54) is 18.4 Å². The monoisotopic (exact) mass is 306 g/mol. The van der Waals surface area contributed by atoms with Crippen LogP contribution in [-0.2, 0) is 15.6 Å². The third-order valence-electron chi connectivity index (χ3n) is 1.97. The van der Waals surface area contributed by atoms with Crippen LogP contribution in [0.5, 0.6) is 0 Å². The number of halogens is 1. The number of aromatic nitrogens is 1. The van der Waals surface area contributed by atoms with Gasteiger partial charge in [-0.2, -0.15) is 0 Å². The molecule has 0 bridgehead atoms. The Hall–Kier alpha value is -1.38. The second-order valence-electron chi connectivity index (χ2n) is 3.23. The van der Waals surface area contributed by atoms with Crippen LogP contribution in [0.3, 0.4) is 0 Å². The van der Waals surface area contributed by atoms with Crippen molar-refractivity contribution in [1.82, 2.24) is 10.5 Å². The average Bonchev–Trinajstić information content (AvgIpc) is 2.96. The fourth-order valence-corrected chi connectivity index (χ4v) is 3.23. The third kappa shape index (κ3) is 3.09. The highest BCUT2D eigenvalue weighted by molar-refractivity contribution is 8.15. The van der Waals surface area contributed by atoms with E-state index >= 15 is 0 Å². The Bertz CT molecular complexity index is 648. The molecule has 0 aliphatic rings. The van der Waals surface area contributed by atoms with Gasteiger partial charge in [-0.1, -0.05) is 5.16 Å². The lowest BCUT2D eigenvalue weighted by atomic mass is 10.4. The van der Waals surface area contributed by atoms with E-state index in [0.29, 0.717) is 4.88 Å². The number of hydrogen-bond donors (Lipinski definition) is 1. The molecule has 1 amide bonds. The Morgan fingerprint density at radius 1 is 1.44 bits per heavy atom. The van der Waals surface area contributed by atoms with Crippen LogP contribution in [0.1, 0.15) is 15.4 Å². The molecular formula is C9H7ClN2O4S2. The van der Waals surface area contributed by atoms with E-state index < -0.39 is 15.0 Å². The molecule has 1 N–H and O–H groups in total. The fraction of sp³-hybridized carbons (Fsp3) is 0.111. The van der Waals surface area contributed by atoms with Crippen LogP contribution < -0.4 is 5.32 Å². The summed E-state index contributed by atoms with van der Waals surface area (Å²) < 4.78 is 26.7. The molecule has 6 nitrogen and oxygen atoms in total. The zero-order chi connectivity index (χ0) is 13.2. The zero-order valence-electron chi connectivity index (χ0n) is 8.79. The molecule has 0 radical (unpaired) electrons. The molecule has 0 aliphatic carbocycles. The lowest BCUT2D eigenvalue weighted by molar-refractivity contribution is 0.0942. The predicted molar refractivity (Wildman–Crippen MR) is 65.0 cm³/mol. The Kier molecular flexibility index (Phi) is 3.69. The molecule has 0 aliphatic heterocycles. The summed E-state index contributed by atoms with van der Waals surface area (Å²) in [4.78, 5) is 12.2. The van der Waals surface area contributed by atoms with Gasteiger partial charge in [-0.3, -0.25) is 4.79 Å². The summed E-state index contributed by atoms with van der Waals surface area (Å²) in [6, 6.07) is 4.41. The maximum absolute atomic E-state index is 11.5. The molecule has 96 valence electrons. The van der Waals surface area contributed by atoms with E-state index in [9.17, 15) is 13.2 Å². The van der Waals surface area contributed by atoms with Crippen molar-refractivity contribution >= 4 is 37.0 Å². The molecule has 2 rings (SSSR count). The predicted octanol–water partition coefficient (Wildman–Crippen LogP) is 1.59. The topological polar surface area (TPSA) is 89.3 Å². The molecule has 2 aromatic rings. The summed E-state index contributed by atoms with van der Waals surface area (Å²) in [6.45, 7) is 0.197. The normalized spacial score (nSPS) is 11.4. The van der Waals surface area contributed by atoms with Crippen molar-refractivity contribution in [2.24, 2.45) is 0 Å². The van der Waals surface area contributed by atoms with Crippen molar-refractivity contribution in [3.8, 4) is 0 Å². The Morgan fingerprint density at radius 3 is 2.78 bits per heavy atom. The summed E-state index contributed by atoms with van der Waals surface area (Å²) in [6.07, 6.45) is 1.29. The molecule has 0 unspecified atom stereocenters. The van der Waals surface area contributed by atoms with Gasteiger partial charge in [0.05, 0.1) is 6.54 Å². The lowest BCUT2D eigenvalue weighted by Gasteiger charge is -1.99. The zero-order valence-corrected chi connectivity index (χ0v) is 11.2. The first kappa shape index (κ1) is 13.1. The summed E-state index contributed by atoms with van der Waals surface area (Å²) in [5, 5.41) is 6.05. The minimum atomic E-state index is -3.71. The van der Waals surface area contributed by atoms with Crippen LogP contribution >= 0.6 is 22.0 Å². The van der Waals surface area contributed by atoms with Crippen LogP contribution in [0.15, 0.2) is 33.2 Å². The highest BCUT2D eigenvalue weighted by Gasteiger charge is 2.14. The SMILES string of the molecule is O=C(NCc1ccc(S(=O)(=O)Cl)s1)c1ccon1.